The molecule has 0 unspecified atom stereocenters. The summed E-state index contributed by atoms with van der Waals surface area (Å²) in [5.41, 5.74) is 1.51. The molecule has 1 aromatic heterocycles. The SMILES string of the molecule is O=S(=O)(NCc1cccc(C#CCO)c1)c1ccc(Cl)s1. The molecule has 2 aromatic rings. The van der Waals surface area contributed by atoms with E-state index in [1.807, 2.05) is 0 Å². The zero-order valence-electron chi connectivity index (χ0n) is 10.8. The van der Waals surface area contributed by atoms with Gasteiger partial charge in [0, 0.05) is 12.1 Å². The Hall–Kier alpha value is -1.36. The maximum absolute atomic E-state index is 12.1. The summed E-state index contributed by atoms with van der Waals surface area (Å²) in [5.74, 6) is 5.32. The van der Waals surface area contributed by atoms with E-state index in [1.54, 1.807) is 30.3 Å². The molecule has 0 saturated heterocycles. The maximum atomic E-state index is 12.1. The van der Waals surface area contributed by atoms with Crippen LogP contribution in [0.5, 0.6) is 0 Å². The lowest BCUT2D eigenvalue weighted by atomic mass is 10.1. The largest absolute Gasteiger partial charge is 0.384 e. The second kappa shape index (κ2) is 7.07. The van der Waals surface area contributed by atoms with Crippen molar-refractivity contribution >= 4 is 33.0 Å². The Kier molecular flexibility index (Phi) is 5.39. The second-order valence-corrected chi connectivity index (χ2v) is 7.75. The number of rotatable bonds is 4. The minimum absolute atomic E-state index is 0.159. The highest BCUT2D eigenvalue weighted by molar-refractivity contribution is 7.91. The number of hydrogen-bond acceptors (Lipinski definition) is 4. The molecule has 0 atom stereocenters. The Morgan fingerprint density at radius 3 is 2.76 bits per heavy atom. The van der Waals surface area contributed by atoms with Gasteiger partial charge in [-0.15, -0.1) is 11.3 Å². The zero-order valence-corrected chi connectivity index (χ0v) is 13.2. The van der Waals surface area contributed by atoms with E-state index >= 15 is 0 Å². The first-order valence-corrected chi connectivity index (χ1v) is 8.63. The van der Waals surface area contributed by atoms with E-state index in [4.69, 9.17) is 16.7 Å². The Labute approximate surface area is 132 Å². The molecule has 0 spiro atoms. The van der Waals surface area contributed by atoms with Gasteiger partial charge in [-0.3, -0.25) is 0 Å². The number of halogens is 1. The van der Waals surface area contributed by atoms with Crippen molar-refractivity contribution < 1.29 is 13.5 Å². The minimum Gasteiger partial charge on any atom is -0.384 e. The van der Waals surface area contributed by atoms with Crippen molar-refractivity contribution in [1.29, 1.82) is 0 Å². The predicted octanol–water partition coefficient (Wildman–Crippen LogP) is 2.22. The standard InChI is InChI=1S/C14H12ClNO3S2/c15-13-6-7-14(20-13)21(18,19)16-10-12-4-1-3-11(9-12)5-2-8-17/h1,3-4,6-7,9,16-17H,8,10H2. The number of hydrogen-bond donors (Lipinski definition) is 2. The average molecular weight is 342 g/mol. The summed E-state index contributed by atoms with van der Waals surface area (Å²) in [5, 5.41) is 8.66. The van der Waals surface area contributed by atoms with E-state index in [2.05, 4.69) is 16.6 Å². The predicted molar refractivity (Wildman–Crippen MR) is 83.8 cm³/mol. The van der Waals surface area contributed by atoms with Gasteiger partial charge in [-0.1, -0.05) is 35.6 Å². The minimum atomic E-state index is -3.56. The summed E-state index contributed by atoms with van der Waals surface area (Å²) in [7, 11) is -3.56. The third kappa shape index (κ3) is 4.56. The van der Waals surface area contributed by atoms with Gasteiger partial charge in [0.1, 0.15) is 10.8 Å². The molecule has 0 aliphatic heterocycles. The molecule has 0 radical (unpaired) electrons. The van der Waals surface area contributed by atoms with Crippen LogP contribution in [0, 0.1) is 11.8 Å². The van der Waals surface area contributed by atoms with Crippen LogP contribution >= 0.6 is 22.9 Å². The number of thiophene rings is 1. The number of benzene rings is 1. The van der Waals surface area contributed by atoms with Gasteiger partial charge < -0.3 is 5.11 Å². The van der Waals surface area contributed by atoms with Crippen molar-refractivity contribution in [2.24, 2.45) is 0 Å². The molecule has 0 fully saturated rings. The van der Waals surface area contributed by atoms with E-state index in [1.165, 1.54) is 6.07 Å². The van der Waals surface area contributed by atoms with Crippen molar-refractivity contribution in [3.8, 4) is 11.8 Å². The van der Waals surface area contributed by atoms with Crippen LogP contribution in [0.25, 0.3) is 0 Å². The summed E-state index contributed by atoms with van der Waals surface area (Å²) >= 11 is 6.75. The maximum Gasteiger partial charge on any atom is 0.250 e. The van der Waals surface area contributed by atoms with Crippen molar-refractivity contribution in [3.05, 3.63) is 51.9 Å². The quantitative estimate of drug-likeness (QED) is 0.838. The molecule has 7 heteroatoms. The van der Waals surface area contributed by atoms with Crippen LogP contribution in [0.2, 0.25) is 4.34 Å². The third-order valence-corrected chi connectivity index (χ3v) is 5.64. The number of aliphatic hydroxyl groups is 1. The van der Waals surface area contributed by atoms with E-state index in [0.717, 1.165) is 22.5 Å². The van der Waals surface area contributed by atoms with E-state index in [0.29, 0.717) is 4.34 Å². The van der Waals surface area contributed by atoms with Crippen molar-refractivity contribution in [2.75, 3.05) is 6.61 Å². The van der Waals surface area contributed by atoms with Crippen molar-refractivity contribution in [1.82, 2.24) is 4.72 Å². The van der Waals surface area contributed by atoms with Crippen LogP contribution < -0.4 is 4.72 Å². The number of nitrogens with one attached hydrogen (secondary N) is 1. The fourth-order valence-electron chi connectivity index (χ4n) is 1.59. The van der Waals surface area contributed by atoms with Gasteiger partial charge in [-0.05, 0) is 29.8 Å². The molecule has 4 nitrogen and oxygen atoms in total. The van der Waals surface area contributed by atoms with Gasteiger partial charge in [0.25, 0.3) is 0 Å². The lowest BCUT2D eigenvalue weighted by Crippen LogP contribution is -2.22. The Morgan fingerprint density at radius 2 is 2.10 bits per heavy atom. The summed E-state index contributed by atoms with van der Waals surface area (Å²) in [6.45, 7) is -0.0531. The Morgan fingerprint density at radius 1 is 1.29 bits per heavy atom. The van der Waals surface area contributed by atoms with Gasteiger partial charge in [0.2, 0.25) is 10.0 Å². The topological polar surface area (TPSA) is 66.4 Å². The van der Waals surface area contributed by atoms with Crippen molar-refractivity contribution in [3.63, 3.8) is 0 Å². The first kappa shape index (κ1) is 16.0. The number of aliphatic hydroxyl groups excluding tert-OH is 1. The van der Waals surface area contributed by atoms with Gasteiger partial charge in [0.05, 0.1) is 4.34 Å². The molecule has 110 valence electrons. The second-order valence-electron chi connectivity index (χ2n) is 4.04. The molecular formula is C14H12ClNO3S2. The monoisotopic (exact) mass is 341 g/mol. The summed E-state index contributed by atoms with van der Waals surface area (Å²) in [6.07, 6.45) is 0. The molecule has 21 heavy (non-hydrogen) atoms. The first-order chi connectivity index (χ1) is 10.0. The highest BCUT2D eigenvalue weighted by Gasteiger charge is 2.16. The fourth-order valence-corrected chi connectivity index (χ4v) is 4.14. The van der Waals surface area contributed by atoms with Crippen molar-refractivity contribution in [2.45, 2.75) is 10.8 Å². The lowest BCUT2D eigenvalue weighted by molar-refractivity contribution is 0.350. The lowest BCUT2D eigenvalue weighted by Gasteiger charge is -2.05. The Balaban J connectivity index is 2.09. The van der Waals surface area contributed by atoms with Crippen LogP contribution in [0.15, 0.2) is 40.6 Å². The number of sulfonamides is 1. The molecular weight excluding hydrogens is 330 g/mol. The molecule has 0 amide bonds. The first-order valence-electron chi connectivity index (χ1n) is 5.95. The molecule has 1 heterocycles. The molecule has 1 aromatic carbocycles. The van der Waals surface area contributed by atoms with Crippen LogP contribution in [0.1, 0.15) is 11.1 Å². The van der Waals surface area contributed by atoms with Gasteiger partial charge in [0.15, 0.2) is 0 Å². The third-order valence-electron chi connectivity index (χ3n) is 2.52. The molecule has 0 bridgehead atoms. The van der Waals surface area contributed by atoms with Crippen LogP contribution in [-0.2, 0) is 16.6 Å². The van der Waals surface area contributed by atoms with E-state index < -0.39 is 10.0 Å². The highest BCUT2D eigenvalue weighted by atomic mass is 35.5. The van der Waals surface area contributed by atoms with Gasteiger partial charge in [-0.2, -0.15) is 0 Å². The molecule has 0 aliphatic carbocycles. The van der Waals surface area contributed by atoms with E-state index in [9.17, 15) is 8.42 Å². The smallest absolute Gasteiger partial charge is 0.250 e. The van der Waals surface area contributed by atoms with Crippen LogP contribution in [0.3, 0.4) is 0 Å². The van der Waals surface area contributed by atoms with E-state index in [-0.39, 0.29) is 17.4 Å². The average Bonchev–Trinajstić information content (AvgIpc) is 2.91. The van der Waals surface area contributed by atoms with Gasteiger partial charge in [-0.25, -0.2) is 13.1 Å². The van der Waals surface area contributed by atoms with Crippen LogP contribution in [0.4, 0.5) is 0 Å². The summed E-state index contributed by atoms with van der Waals surface area (Å²) in [6, 6.07) is 10.2. The summed E-state index contributed by atoms with van der Waals surface area (Å²) in [4.78, 5) is 0. The molecule has 0 saturated carbocycles. The fraction of sp³-hybridized carbons (Fsp3) is 0.143. The molecule has 2 N–H and O–H groups in total. The van der Waals surface area contributed by atoms with Crippen LogP contribution in [-0.4, -0.2) is 20.1 Å². The molecule has 2 rings (SSSR count). The Bertz CT molecular complexity index is 788. The molecule has 0 aliphatic rings. The normalized spacial score (nSPS) is 11.0. The highest BCUT2D eigenvalue weighted by Crippen LogP contribution is 2.25. The summed E-state index contributed by atoms with van der Waals surface area (Å²) < 4.78 is 27.2. The van der Waals surface area contributed by atoms with Gasteiger partial charge >= 0.3 is 0 Å². The zero-order chi connectivity index (χ0) is 15.3.